The molecule has 1 atom stereocenters. The van der Waals surface area contributed by atoms with Gasteiger partial charge in [-0.25, -0.2) is 4.39 Å². The Balaban J connectivity index is 2.31. The third-order valence-electron chi connectivity index (χ3n) is 3.25. The van der Waals surface area contributed by atoms with Gasteiger partial charge in [0.2, 0.25) is 0 Å². The van der Waals surface area contributed by atoms with E-state index in [-0.39, 0.29) is 11.9 Å². The topological polar surface area (TPSA) is 34.4 Å². The summed E-state index contributed by atoms with van der Waals surface area (Å²) in [6, 6.07) is 8.73. The van der Waals surface area contributed by atoms with E-state index in [1.54, 1.807) is 13.2 Å². The van der Waals surface area contributed by atoms with Crippen molar-refractivity contribution in [3.05, 3.63) is 58.8 Å². The molecule has 1 unspecified atom stereocenters. The first-order valence-electron chi connectivity index (χ1n) is 7.22. The number of nitrogens with one attached hydrogen (secondary N) is 1. The molecule has 2 rings (SSSR count). The van der Waals surface area contributed by atoms with Crippen LogP contribution in [0.15, 0.2) is 34.7 Å². The second-order valence-corrected chi connectivity index (χ2v) is 5.19. The fraction of sp³-hybridized carbons (Fsp3) is 0.412. The summed E-state index contributed by atoms with van der Waals surface area (Å²) in [5.74, 6) is 1.32. The molecule has 0 fully saturated rings. The van der Waals surface area contributed by atoms with Crippen molar-refractivity contribution in [2.24, 2.45) is 0 Å². The van der Waals surface area contributed by atoms with Gasteiger partial charge in [-0.05, 0) is 55.3 Å². The molecule has 0 aliphatic carbocycles. The van der Waals surface area contributed by atoms with E-state index in [1.165, 1.54) is 6.07 Å². The first-order valence-corrected chi connectivity index (χ1v) is 7.22. The first-order chi connectivity index (χ1) is 10.1. The van der Waals surface area contributed by atoms with Gasteiger partial charge in [-0.3, -0.25) is 0 Å². The van der Waals surface area contributed by atoms with Crippen LogP contribution < -0.4 is 5.32 Å². The van der Waals surface area contributed by atoms with Gasteiger partial charge in [0.05, 0.1) is 6.04 Å². The van der Waals surface area contributed by atoms with E-state index >= 15 is 0 Å². The summed E-state index contributed by atoms with van der Waals surface area (Å²) in [5, 5.41) is 3.41. The molecule has 0 amide bonds. The zero-order chi connectivity index (χ0) is 15.2. The molecular weight excluding hydrogens is 269 g/mol. The standard InChI is InChI=1S/C17H22FNO2/c1-4-7-19-17(13-8-12(2)9-14(18)10-13)16-6-5-15(21-16)11-20-3/h5-6,8-10,17,19H,4,7,11H2,1-3H3. The number of aryl methyl sites for hydroxylation is 1. The Morgan fingerprint density at radius 1 is 1.29 bits per heavy atom. The molecule has 0 aliphatic rings. The van der Waals surface area contributed by atoms with Crippen molar-refractivity contribution in [1.29, 1.82) is 0 Å². The van der Waals surface area contributed by atoms with Crippen LogP contribution in [-0.4, -0.2) is 13.7 Å². The van der Waals surface area contributed by atoms with Gasteiger partial charge in [0.15, 0.2) is 0 Å². The fourth-order valence-electron chi connectivity index (χ4n) is 2.37. The minimum absolute atomic E-state index is 0.148. The largest absolute Gasteiger partial charge is 0.462 e. The smallest absolute Gasteiger partial charge is 0.129 e. The molecule has 1 aromatic heterocycles. The number of methoxy groups -OCH3 is 1. The lowest BCUT2D eigenvalue weighted by molar-refractivity contribution is 0.162. The summed E-state index contributed by atoms with van der Waals surface area (Å²) in [6.07, 6.45) is 0.996. The molecule has 2 aromatic rings. The summed E-state index contributed by atoms with van der Waals surface area (Å²) in [7, 11) is 1.63. The number of hydrogen-bond donors (Lipinski definition) is 1. The minimum Gasteiger partial charge on any atom is -0.462 e. The molecule has 3 nitrogen and oxygen atoms in total. The highest BCUT2D eigenvalue weighted by Crippen LogP contribution is 2.26. The van der Waals surface area contributed by atoms with Gasteiger partial charge in [-0.2, -0.15) is 0 Å². The SMILES string of the molecule is CCCNC(c1cc(C)cc(F)c1)c1ccc(COC)o1. The molecule has 1 heterocycles. The highest BCUT2D eigenvalue weighted by Gasteiger charge is 2.18. The van der Waals surface area contributed by atoms with Crippen molar-refractivity contribution < 1.29 is 13.5 Å². The summed E-state index contributed by atoms with van der Waals surface area (Å²) in [4.78, 5) is 0. The van der Waals surface area contributed by atoms with Crippen LogP contribution in [0.3, 0.4) is 0 Å². The molecule has 1 aromatic carbocycles. The summed E-state index contributed by atoms with van der Waals surface area (Å²) >= 11 is 0. The van der Waals surface area contributed by atoms with E-state index in [0.29, 0.717) is 6.61 Å². The lowest BCUT2D eigenvalue weighted by atomic mass is 10.0. The minimum atomic E-state index is -0.225. The molecule has 4 heteroatoms. The van der Waals surface area contributed by atoms with Crippen LogP contribution in [0.1, 0.15) is 42.0 Å². The number of hydrogen-bond acceptors (Lipinski definition) is 3. The summed E-state index contributed by atoms with van der Waals surface area (Å²) < 4.78 is 24.6. The monoisotopic (exact) mass is 291 g/mol. The molecule has 21 heavy (non-hydrogen) atoms. The Bertz CT molecular complexity index is 560. The van der Waals surface area contributed by atoms with Gasteiger partial charge in [0, 0.05) is 7.11 Å². The van der Waals surface area contributed by atoms with E-state index in [2.05, 4.69) is 12.2 Å². The highest BCUT2D eigenvalue weighted by molar-refractivity contribution is 5.31. The van der Waals surface area contributed by atoms with E-state index in [9.17, 15) is 4.39 Å². The van der Waals surface area contributed by atoms with Gasteiger partial charge < -0.3 is 14.5 Å². The van der Waals surface area contributed by atoms with E-state index in [1.807, 2.05) is 25.1 Å². The third kappa shape index (κ3) is 4.16. The Hall–Kier alpha value is -1.65. The average Bonchev–Trinajstić information content (AvgIpc) is 2.87. The number of rotatable bonds is 7. The first kappa shape index (κ1) is 15.7. The summed E-state index contributed by atoms with van der Waals surface area (Å²) in [6.45, 7) is 5.25. The van der Waals surface area contributed by atoms with Crippen LogP contribution in [0, 0.1) is 12.7 Å². The Morgan fingerprint density at radius 3 is 2.76 bits per heavy atom. The predicted octanol–water partition coefficient (Wildman–Crippen LogP) is 3.96. The number of halogens is 1. The number of furan rings is 1. The fourth-order valence-corrected chi connectivity index (χ4v) is 2.37. The maximum atomic E-state index is 13.7. The molecule has 0 saturated carbocycles. The Labute approximate surface area is 125 Å². The van der Waals surface area contributed by atoms with Crippen molar-refractivity contribution in [2.75, 3.05) is 13.7 Å². The highest BCUT2D eigenvalue weighted by atomic mass is 19.1. The zero-order valence-corrected chi connectivity index (χ0v) is 12.8. The van der Waals surface area contributed by atoms with E-state index in [0.717, 1.165) is 35.6 Å². The Morgan fingerprint density at radius 2 is 2.10 bits per heavy atom. The second kappa shape index (κ2) is 7.38. The molecule has 0 saturated heterocycles. The average molecular weight is 291 g/mol. The van der Waals surface area contributed by atoms with Crippen molar-refractivity contribution >= 4 is 0 Å². The molecule has 114 valence electrons. The second-order valence-electron chi connectivity index (χ2n) is 5.19. The molecular formula is C17H22FNO2. The van der Waals surface area contributed by atoms with Crippen molar-refractivity contribution in [3.63, 3.8) is 0 Å². The summed E-state index contributed by atoms with van der Waals surface area (Å²) in [5.41, 5.74) is 1.77. The van der Waals surface area contributed by atoms with Crippen molar-refractivity contribution in [2.45, 2.75) is 32.9 Å². The maximum absolute atomic E-state index is 13.7. The lowest BCUT2D eigenvalue weighted by Crippen LogP contribution is -2.23. The maximum Gasteiger partial charge on any atom is 0.129 e. The van der Waals surface area contributed by atoms with Gasteiger partial charge >= 0.3 is 0 Å². The lowest BCUT2D eigenvalue weighted by Gasteiger charge is -2.17. The van der Waals surface area contributed by atoms with Gasteiger partial charge in [-0.15, -0.1) is 0 Å². The van der Waals surface area contributed by atoms with Crippen molar-refractivity contribution in [3.8, 4) is 0 Å². The van der Waals surface area contributed by atoms with Crippen LogP contribution in [0.5, 0.6) is 0 Å². The van der Waals surface area contributed by atoms with Crippen LogP contribution in [0.25, 0.3) is 0 Å². The third-order valence-corrected chi connectivity index (χ3v) is 3.25. The molecule has 0 bridgehead atoms. The van der Waals surface area contributed by atoms with Gasteiger partial charge in [0.1, 0.15) is 23.9 Å². The van der Waals surface area contributed by atoms with Crippen LogP contribution in [0.2, 0.25) is 0 Å². The van der Waals surface area contributed by atoms with E-state index < -0.39 is 0 Å². The molecule has 0 spiro atoms. The van der Waals surface area contributed by atoms with Gasteiger partial charge in [-0.1, -0.05) is 13.0 Å². The normalized spacial score (nSPS) is 12.6. The molecule has 0 aliphatic heterocycles. The zero-order valence-electron chi connectivity index (χ0n) is 12.8. The van der Waals surface area contributed by atoms with Crippen LogP contribution >= 0.6 is 0 Å². The molecule has 0 radical (unpaired) electrons. The number of benzene rings is 1. The predicted molar refractivity (Wildman–Crippen MR) is 80.7 cm³/mol. The van der Waals surface area contributed by atoms with Crippen LogP contribution in [0.4, 0.5) is 4.39 Å². The molecule has 1 N–H and O–H groups in total. The quantitative estimate of drug-likeness (QED) is 0.838. The number of ether oxygens (including phenoxy) is 1. The Kier molecular flexibility index (Phi) is 5.53. The van der Waals surface area contributed by atoms with Crippen molar-refractivity contribution in [1.82, 2.24) is 5.32 Å². The van der Waals surface area contributed by atoms with E-state index in [4.69, 9.17) is 9.15 Å². The van der Waals surface area contributed by atoms with Gasteiger partial charge in [0.25, 0.3) is 0 Å². The van der Waals surface area contributed by atoms with Crippen LogP contribution in [-0.2, 0) is 11.3 Å².